The van der Waals surface area contributed by atoms with E-state index in [-0.39, 0.29) is 13.2 Å². The number of carbonyl (C=O) groups is 1. The van der Waals surface area contributed by atoms with Gasteiger partial charge in [0, 0.05) is 25.2 Å². The summed E-state index contributed by atoms with van der Waals surface area (Å²) < 4.78 is 44.6. The minimum absolute atomic E-state index is 0.115. The number of hydrogen-bond donors (Lipinski definition) is 2. The van der Waals surface area contributed by atoms with Gasteiger partial charge >= 0.3 is 0 Å². The number of aliphatic hydroxyl groups is 1. The molecule has 0 spiro atoms. The van der Waals surface area contributed by atoms with Crippen molar-refractivity contribution in [3.05, 3.63) is 35.1 Å². The highest BCUT2D eigenvalue weighted by Gasteiger charge is 2.32. The maximum Gasteiger partial charge on any atom is 0.254 e. The van der Waals surface area contributed by atoms with Crippen LogP contribution in [0.5, 0.6) is 0 Å². The van der Waals surface area contributed by atoms with Gasteiger partial charge in [0.25, 0.3) is 5.91 Å². The van der Waals surface area contributed by atoms with Crippen LogP contribution >= 0.6 is 0 Å². The van der Waals surface area contributed by atoms with Crippen LogP contribution in [0.4, 0.5) is 13.2 Å². The average Bonchev–Trinajstić information content (AvgIpc) is 2.51. The van der Waals surface area contributed by atoms with Crippen molar-refractivity contribution < 1.29 is 27.8 Å². The predicted molar refractivity (Wildman–Crippen MR) is 68.2 cm³/mol. The number of nitrogens with one attached hydrogen (secondary N) is 1. The van der Waals surface area contributed by atoms with E-state index in [1.54, 1.807) is 0 Å². The molecule has 0 bridgehead atoms. The van der Waals surface area contributed by atoms with E-state index < -0.39 is 34.3 Å². The van der Waals surface area contributed by atoms with E-state index in [0.29, 0.717) is 32.1 Å². The van der Waals surface area contributed by atoms with Crippen molar-refractivity contribution in [2.45, 2.75) is 12.8 Å². The first-order valence-electron chi connectivity index (χ1n) is 6.59. The van der Waals surface area contributed by atoms with Crippen molar-refractivity contribution in [2.24, 2.45) is 5.41 Å². The zero-order chi connectivity index (χ0) is 15.5. The third-order valence-electron chi connectivity index (χ3n) is 3.79. The second kappa shape index (κ2) is 6.44. The summed E-state index contributed by atoms with van der Waals surface area (Å²) >= 11 is 0. The maximum atomic E-state index is 13.5. The molecule has 7 heteroatoms. The van der Waals surface area contributed by atoms with Gasteiger partial charge in [0.15, 0.2) is 17.5 Å². The Bertz CT molecular complexity index is 530. The molecule has 0 unspecified atom stereocenters. The molecule has 2 rings (SSSR count). The lowest BCUT2D eigenvalue weighted by Gasteiger charge is -2.35. The summed E-state index contributed by atoms with van der Waals surface area (Å²) in [6, 6.07) is 1.59. The number of ether oxygens (including phenoxy) is 1. The highest BCUT2D eigenvalue weighted by Crippen LogP contribution is 2.29. The summed E-state index contributed by atoms with van der Waals surface area (Å²) in [5.74, 6) is -5.38. The lowest BCUT2D eigenvalue weighted by atomic mass is 9.81. The summed E-state index contributed by atoms with van der Waals surface area (Å²) in [5.41, 5.74) is -1.09. The second-order valence-electron chi connectivity index (χ2n) is 5.18. The number of hydrogen-bond acceptors (Lipinski definition) is 3. The molecule has 1 aromatic carbocycles. The summed E-state index contributed by atoms with van der Waals surface area (Å²) in [4.78, 5) is 11.9. The van der Waals surface area contributed by atoms with Crippen LogP contribution in [0.2, 0.25) is 0 Å². The van der Waals surface area contributed by atoms with Crippen molar-refractivity contribution in [3.63, 3.8) is 0 Å². The molecule has 1 amide bonds. The Morgan fingerprint density at radius 3 is 2.52 bits per heavy atom. The summed E-state index contributed by atoms with van der Waals surface area (Å²) in [7, 11) is 0. The topological polar surface area (TPSA) is 58.6 Å². The first-order chi connectivity index (χ1) is 9.99. The molecule has 1 aliphatic heterocycles. The number of aliphatic hydroxyl groups excluding tert-OH is 1. The van der Waals surface area contributed by atoms with E-state index in [9.17, 15) is 23.1 Å². The molecular formula is C14H16F3NO3. The minimum Gasteiger partial charge on any atom is -0.396 e. The molecule has 1 fully saturated rings. The molecule has 1 saturated heterocycles. The van der Waals surface area contributed by atoms with Crippen LogP contribution in [0.1, 0.15) is 23.2 Å². The molecule has 116 valence electrons. The van der Waals surface area contributed by atoms with Crippen LogP contribution in [-0.2, 0) is 4.74 Å². The molecule has 21 heavy (non-hydrogen) atoms. The van der Waals surface area contributed by atoms with Gasteiger partial charge < -0.3 is 15.2 Å². The van der Waals surface area contributed by atoms with Crippen LogP contribution in [0.15, 0.2) is 12.1 Å². The summed E-state index contributed by atoms with van der Waals surface area (Å²) in [6.07, 6.45) is 1.12. The molecule has 1 aliphatic rings. The highest BCUT2D eigenvalue weighted by atomic mass is 19.2. The third kappa shape index (κ3) is 3.36. The molecule has 2 N–H and O–H groups in total. The number of carbonyl (C=O) groups excluding carboxylic acids is 1. The van der Waals surface area contributed by atoms with Crippen LogP contribution in [-0.4, -0.2) is 37.4 Å². The van der Waals surface area contributed by atoms with Crippen LogP contribution in [0, 0.1) is 22.9 Å². The van der Waals surface area contributed by atoms with Gasteiger partial charge in [-0.15, -0.1) is 0 Å². The van der Waals surface area contributed by atoms with Gasteiger partial charge in [-0.05, 0) is 25.0 Å². The van der Waals surface area contributed by atoms with Crippen LogP contribution < -0.4 is 5.32 Å². The standard InChI is InChI=1S/C14H16F3NO3/c15-10-2-1-9(11(16)12(10)17)13(20)18-7-14(8-19)3-5-21-6-4-14/h1-2,19H,3-8H2,(H,18,20). The minimum atomic E-state index is -1.68. The van der Waals surface area contributed by atoms with Gasteiger partial charge in [0.2, 0.25) is 0 Å². The fraction of sp³-hybridized carbons (Fsp3) is 0.500. The molecule has 0 aliphatic carbocycles. The second-order valence-corrected chi connectivity index (χ2v) is 5.18. The van der Waals surface area contributed by atoms with Crippen molar-refractivity contribution in [3.8, 4) is 0 Å². The Labute approximate surface area is 119 Å². The summed E-state index contributed by atoms with van der Waals surface area (Å²) in [5, 5.41) is 11.9. The smallest absolute Gasteiger partial charge is 0.254 e. The van der Waals surface area contributed by atoms with Gasteiger partial charge in [0.1, 0.15) is 0 Å². The van der Waals surface area contributed by atoms with E-state index in [4.69, 9.17) is 4.74 Å². The molecule has 4 nitrogen and oxygen atoms in total. The highest BCUT2D eigenvalue weighted by molar-refractivity contribution is 5.94. The van der Waals surface area contributed by atoms with E-state index in [1.165, 1.54) is 0 Å². The fourth-order valence-corrected chi connectivity index (χ4v) is 2.26. The first-order valence-corrected chi connectivity index (χ1v) is 6.59. The van der Waals surface area contributed by atoms with E-state index >= 15 is 0 Å². The Morgan fingerprint density at radius 1 is 1.24 bits per heavy atom. The third-order valence-corrected chi connectivity index (χ3v) is 3.79. The van der Waals surface area contributed by atoms with Crippen LogP contribution in [0.25, 0.3) is 0 Å². The molecule has 1 aromatic rings. The quantitative estimate of drug-likeness (QED) is 0.831. The van der Waals surface area contributed by atoms with Gasteiger partial charge in [-0.3, -0.25) is 4.79 Å². The van der Waals surface area contributed by atoms with Crippen molar-refractivity contribution in [2.75, 3.05) is 26.4 Å². The lowest BCUT2D eigenvalue weighted by molar-refractivity contribution is -0.0146. The number of halogens is 3. The maximum absolute atomic E-state index is 13.5. The molecule has 0 radical (unpaired) electrons. The molecule has 0 saturated carbocycles. The normalized spacial score (nSPS) is 17.5. The van der Waals surface area contributed by atoms with Crippen molar-refractivity contribution >= 4 is 5.91 Å². The fourth-order valence-electron chi connectivity index (χ4n) is 2.26. The largest absolute Gasteiger partial charge is 0.396 e. The van der Waals surface area contributed by atoms with Gasteiger partial charge in [-0.25, -0.2) is 13.2 Å². The van der Waals surface area contributed by atoms with Gasteiger partial charge in [-0.2, -0.15) is 0 Å². The monoisotopic (exact) mass is 303 g/mol. The lowest BCUT2D eigenvalue weighted by Crippen LogP contribution is -2.43. The first kappa shape index (κ1) is 15.8. The molecular weight excluding hydrogens is 287 g/mol. The van der Waals surface area contributed by atoms with Crippen LogP contribution in [0.3, 0.4) is 0 Å². The Balaban J connectivity index is 2.06. The molecule has 0 aromatic heterocycles. The zero-order valence-corrected chi connectivity index (χ0v) is 11.3. The number of benzene rings is 1. The zero-order valence-electron chi connectivity index (χ0n) is 11.3. The average molecular weight is 303 g/mol. The van der Waals surface area contributed by atoms with Crippen molar-refractivity contribution in [1.29, 1.82) is 0 Å². The van der Waals surface area contributed by atoms with Crippen molar-refractivity contribution in [1.82, 2.24) is 5.32 Å². The Morgan fingerprint density at radius 2 is 1.90 bits per heavy atom. The molecule has 1 heterocycles. The van der Waals surface area contributed by atoms with Gasteiger partial charge in [-0.1, -0.05) is 0 Å². The van der Waals surface area contributed by atoms with E-state index in [1.807, 2.05) is 0 Å². The summed E-state index contributed by atoms with van der Waals surface area (Å²) in [6.45, 7) is 0.910. The number of amides is 1. The SMILES string of the molecule is O=C(NCC1(CO)CCOCC1)c1ccc(F)c(F)c1F. The predicted octanol–water partition coefficient (Wildman–Crippen LogP) is 1.62. The van der Waals surface area contributed by atoms with E-state index in [2.05, 4.69) is 5.32 Å². The van der Waals surface area contributed by atoms with Gasteiger partial charge in [0.05, 0.1) is 12.2 Å². The Kier molecular flexibility index (Phi) is 4.84. The Hall–Kier alpha value is -1.60. The molecule has 0 atom stereocenters. The number of rotatable bonds is 4. The van der Waals surface area contributed by atoms with E-state index in [0.717, 1.165) is 6.07 Å².